The Morgan fingerprint density at radius 3 is 2.41 bits per heavy atom. The van der Waals surface area contributed by atoms with E-state index in [1.54, 1.807) is 18.3 Å². The maximum absolute atomic E-state index is 14.0. The van der Waals surface area contributed by atoms with Crippen molar-refractivity contribution in [1.82, 2.24) is 43.6 Å². The van der Waals surface area contributed by atoms with Gasteiger partial charge < -0.3 is 20.1 Å². The van der Waals surface area contributed by atoms with Gasteiger partial charge in [-0.15, -0.1) is 0 Å². The van der Waals surface area contributed by atoms with E-state index in [9.17, 15) is 33.0 Å². The van der Waals surface area contributed by atoms with Crippen molar-refractivity contribution in [2.24, 2.45) is 0 Å². The fraction of sp³-hybridized carbons (Fsp3) is 0.537. The number of pyridine rings is 1. The van der Waals surface area contributed by atoms with Gasteiger partial charge in [0.05, 0.1) is 34.2 Å². The Bertz CT molecular complexity index is 2350. The second-order valence-electron chi connectivity index (χ2n) is 16.1. The van der Waals surface area contributed by atoms with Crippen LogP contribution in [-0.4, -0.2) is 157 Å². The van der Waals surface area contributed by atoms with E-state index in [-0.39, 0.29) is 60.5 Å². The van der Waals surface area contributed by atoms with Crippen molar-refractivity contribution < 1.29 is 37.7 Å². The number of nitrogens with one attached hydrogen (secondary N) is 3. The zero-order valence-electron chi connectivity index (χ0n) is 34.1. The third-order valence-electron chi connectivity index (χ3n) is 12.2. The summed E-state index contributed by atoms with van der Waals surface area (Å²) in [5, 5.41) is 9.19. The molecule has 20 heteroatoms. The smallest absolute Gasteiger partial charge is 0.266 e. The molecule has 1 saturated carbocycles. The Labute approximate surface area is 353 Å². The zero-order chi connectivity index (χ0) is 42.7. The third kappa shape index (κ3) is 9.18. The van der Waals surface area contributed by atoms with Gasteiger partial charge in [-0.2, -0.15) is 4.98 Å². The molecular formula is C41H52N10O9S. The van der Waals surface area contributed by atoms with Gasteiger partial charge in [0.15, 0.2) is 6.61 Å². The number of hydrogen-bond donors (Lipinski definition) is 3. The average Bonchev–Trinajstić information content (AvgIpc) is 3.88. The van der Waals surface area contributed by atoms with E-state index in [4.69, 9.17) is 14.5 Å². The largest absolute Gasteiger partial charge is 0.483 e. The minimum absolute atomic E-state index is 0.00841. The molecule has 2 unspecified atom stereocenters. The van der Waals surface area contributed by atoms with Crippen molar-refractivity contribution in [3.05, 3.63) is 58.0 Å². The van der Waals surface area contributed by atoms with Crippen molar-refractivity contribution in [3.63, 3.8) is 0 Å². The highest BCUT2D eigenvalue weighted by molar-refractivity contribution is 7.96. The molecule has 326 valence electrons. The lowest BCUT2D eigenvalue weighted by Crippen LogP contribution is -2.55. The molecule has 0 spiro atoms. The van der Waals surface area contributed by atoms with E-state index in [1.165, 1.54) is 18.2 Å². The quantitative estimate of drug-likeness (QED) is 0.108. The molecule has 0 radical (unpaired) electrons. The number of amides is 5. The van der Waals surface area contributed by atoms with Crippen LogP contribution in [0.1, 0.15) is 78.1 Å². The summed E-state index contributed by atoms with van der Waals surface area (Å²) < 4.78 is 31.2. The van der Waals surface area contributed by atoms with Gasteiger partial charge in [0.25, 0.3) is 23.3 Å². The normalized spacial score (nSPS) is 22.0. The number of carbonyl (C=O) groups excluding carboxylic acids is 5. The van der Waals surface area contributed by atoms with Gasteiger partial charge in [-0.3, -0.25) is 48.5 Å². The molecule has 3 saturated heterocycles. The number of imide groups is 2. The number of aromatic nitrogens is 3. The summed E-state index contributed by atoms with van der Waals surface area (Å²) in [5.74, 6) is 1.75. The first kappa shape index (κ1) is 42.4. The van der Waals surface area contributed by atoms with Gasteiger partial charge in [0, 0.05) is 88.5 Å². The van der Waals surface area contributed by atoms with Gasteiger partial charge in [0.1, 0.15) is 17.4 Å². The summed E-state index contributed by atoms with van der Waals surface area (Å²) in [5.41, 5.74) is 0.684. The Kier molecular flexibility index (Phi) is 12.8. The highest BCUT2D eigenvalue weighted by Crippen LogP contribution is 2.34. The lowest BCUT2D eigenvalue weighted by atomic mass is 10.0. The summed E-state index contributed by atoms with van der Waals surface area (Å²) in [4.78, 5) is 88.0. The Balaban J connectivity index is 0.714. The number of piperazine rings is 1. The van der Waals surface area contributed by atoms with Crippen LogP contribution in [0.2, 0.25) is 0 Å². The number of ether oxygens (including phenoxy) is 2. The van der Waals surface area contributed by atoms with Crippen LogP contribution in [0.25, 0.3) is 11.0 Å². The van der Waals surface area contributed by atoms with Gasteiger partial charge in [0.2, 0.25) is 17.8 Å². The van der Waals surface area contributed by atoms with Gasteiger partial charge in [-0.1, -0.05) is 18.9 Å². The monoisotopic (exact) mass is 860 g/mol. The number of nitrogens with zero attached hydrogens (tertiary/aromatic N) is 7. The molecule has 2 atom stereocenters. The molecule has 1 aromatic carbocycles. The number of carbonyl (C=O) groups is 5. The lowest BCUT2D eigenvalue weighted by molar-refractivity contribution is -0.136. The van der Waals surface area contributed by atoms with Crippen LogP contribution in [-0.2, 0) is 29.0 Å². The van der Waals surface area contributed by atoms with Crippen molar-refractivity contribution >= 4 is 62.3 Å². The predicted octanol–water partition coefficient (Wildman–Crippen LogP) is 0.560. The molecule has 5 aliphatic rings. The van der Waals surface area contributed by atoms with Crippen molar-refractivity contribution in [3.8, 4) is 5.75 Å². The molecule has 8 rings (SSSR count). The van der Waals surface area contributed by atoms with E-state index in [0.29, 0.717) is 50.9 Å². The zero-order valence-corrected chi connectivity index (χ0v) is 34.9. The molecule has 5 amide bonds. The molecule has 4 aliphatic heterocycles. The molecule has 1 aliphatic carbocycles. The first-order chi connectivity index (χ1) is 29.5. The van der Waals surface area contributed by atoms with Crippen LogP contribution in [0, 0.1) is 0 Å². The Hall–Kier alpha value is -5.28. The van der Waals surface area contributed by atoms with Crippen LogP contribution in [0.5, 0.6) is 5.75 Å². The van der Waals surface area contributed by atoms with Gasteiger partial charge >= 0.3 is 0 Å². The van der Waals surface area contributed by atoms with Crippen LogP contribution in [0.4, 0.5) is 5.95 Å². The highest BCUT2D eigenvalue weighted by atomic mass is 32.2. The maximum Gasteiger partial charge on any atom is 0.266 e. The maximum atomic E-state index is 14.0. The molecular weight excluding hydrogens is 809 g/mol. The fourth-order valence-electron chi connectivity index (χ4n) is 8.85. The molecule has 2 aromatic heterocycles. The Morgan fingerprint density at radius 1 is 0.902 bits per heavy atom. The second-order valence-corrected chi connectivity index (χ2v) is 18.3. The molecule has 61 heavy (non-hydrogen) atoms. The van der Waals surface area contributed by atoms with E-state index in [2.05, 4.69) is 31.7 Å². The number of fused-ring (bicyclic) bond motifs is 2. The summed E-state index contributed by atoms with van der Waals surface area (Å²) in [7, 11) is -2.63. The van der Waals surface area contributed by atoms with Crippen LogP contribution < -0.4 is 26.2 Å². The van der Waals surface area contributed by atoms with E-state index >= 15 is 0 Å². The highest BCUT2D eigenvalue weighted by Gasteiger charge is 2.46. The minimum atomic E-state index is -2.63. The molecule has 6 heterocycles. The number of anilines is 1. The number of benzene rings is 1. The van der Waals surface area contributed by atoms with Crippen LogP contribution >= 0.6 is 0 Å². The van der Waals surface area contributed by atoms with Gasteiger partial charge in [-0.25, -0.2) is 17.8 Å². The molecule has 3 N–H and O–H groups in total. The Morgan fingerprint density at radius 2 is 1.66 bits per heavy atom. The second kappa shape index (κ2) is 18.4. The number of hydrogen-bond acceptors (Lipinski definition) is 13. The summed E-state index contributed by atoms with van der Waals surface area (Å²) in [6.45, 7) is 5.13. The minimum Gasteiger partial charge on any atom is -0.483 e. The van der Waals surface area contributed by atoms with Gasteiger partial charge in [-0.05, 0) is 56.2 Å². The topological polar surface area (TPSA) is 218 Å². The van der Waals surface area contributed by atoms with E-state index in [1.807, 2.05) is 13.2 Å². The van der Waals surface area contributed by atoms with Crippen molar-refractivity contribution in [2.75, 3.05) is 77.5 Å². The summed E-state index contributed by atoms with van der Waals surface area (Å²) in [6, 6.07) is 7.02. The first-order valence-electron chi connectivity index (χ1n) is 21.0. The molecule has 19 nitrogen and oxygen atoms in total. The fourth-order valence-corrected chi connectivity index (χ4v) is 10.7. The summed E-state index contributed by atoms with van der Waals surface area (Å²) in [6.07, 6.45) is 7.53. The molecule has 0 bridgehead atoms. The average molecular weight is 861 g/mol. The number of rotatable bonds is 15. The third-order valence-corrected chi connectivity index (χ3v) is 14.5. The van der Waals surface area contributed by atoms with Crippen LogP contribution in [0.15, 0.2) is 41.3 Å². The van der Waals surface area contributed by atoms with Crippen LogP contribution in [0.3, 0.4) is 0 Å². The summed E-state index contributed by atoms with van der Waals surface area (Å²) >= 11 is 0. The lowest BCUT2D eigenvalue weighted by Gasteiger charge is -2.42. The van der Waals surface area contributed by atoms with E-state index in [0.717, 1.165) is 61.9 Å². The predicted molar refractivity (Wildman–Crippen MR) is 225 cm³/mol. The SMILES string of the molecule is C=S(=O)(N1CCC(Nc2ncc3ccc(=O)n(C4CCCC4)c3n2)CC1)N1CCN(CCOCCNC(=O)COc2cccc3c2C(=O)N(C2CCC(=O)NC2=O)C3=O)CC1. The standard InChI is InChI=1S/C41H52N10O9S/c1-61(58,48-16-13-28(14-17-48)44-41-43-25-27-9-12-35(54)50(37(27)46-41)29-5-2-3-6-29)49-20-18-47(19-21-49)22-24-59-23-15-42-34(53)26-60-32-8-4-7-30-36(32)40(57)51(39(30)56)31-10-11-33(52)45-38(31)55/h4,7-9,12,25,28-29,31H,1-3,5-6,10-11,13-24,26H2,(H,42,53)(H,43,44,46)(H,45,52,55). The van der Waals surface area contributed by atoms with Crippen molar-refractivity contribution in [1.29, 1.82) is 0 Å². The van der Waals surface area contributed by atoms with Crippen molar-refractivity contribution in [2.45, 2.75) is 69.5 Å². The molecule has 4 fully saturated rings. The number of piperidine rings is 2. The van der Waals surface area contributed by atoms with E-state index < -0.39 is 52.1 Å². The molecule has 3 aromatic rings. The first-order valence-corrected chi connectivity index (χ1v) is 22.7.